The van der Waals surface area contributed by atoms with Gasteiger partial charge in [0.2, 0.25) is 0 Å². The fourth-order valence-electron chi connectivity index (χ4n) is 2.28. The van der Waals surface area contributed by atoms with E-state index >= 15 is 0 Å². The van der Waals surface area contributed by atoms with Crippen LogP contribution >= 0.6 is 0 Å². The first-order valence-corrected chi connectivity index (χ1v) is 5.93. The molecule has 1 aromatic heterocycles. The molecular formula is C12H19N3O. The van der Waals surface area contributed by atoms with E-state index in [9.17, 15) is 0 Å². The minimum Gasteiger partial charge on any atom is -0.380 e. The molecule has 0 amide bonds. The second-order valence-corrected chi connectivity index (χ2v) is 4.26. The first kappa shape index (κ1) is 11.5. The second kappa shape index (κ2) is 5.92. The molecule has 0 bridgehead atoms. The number of ether oxygens (including phenoxy) is 1. The summed E-state index contributed by atoms with van der Waals surface area (Å²) in [6.07, 6.45) is 6.97. The van der Waals surface area contributed by atoms with Gasteiger partial charge in [-0.05, 0) is 25.0 Å². The van der Waals surface area contributed by atoms with Crippen molar-refractivity contribution in [2.24, 2.45) is 0 Å². The largest absolute Gasteiger partial charge is 0.380 e. The maximum absolute atomic E-state index is 5.49. The van der Waals surface area contributed by atoms with Crippen molar-refractivity contribution in [3.63, 3.8) is 0 Å². The molecule has 0 aliphatic heterocycles. The first-order chi connectivity index (χ1) is 7.90. The third kappa shape index (κ3) is 3.00. The highest BCUT2D eigenvalue weighted by atomic mass is 16.5. The summed E-state index contributed by atoms with van der Waals surface area (Å²) in [6, 6.07) is 4.37. The molecule has 0 aromatic carbocycles. The van der Waals surface area contributed by atoms with Crippen LogP contribution in [0.5, 0.6) is 0 Å². The van der Waals surface area contributed by atoms with Crippen LogP contribution in [-0.2, 0) is 11.3 Å². The van der Waals surface area contributed by atoms with Crippen LogP contribution in [-0.4, -0.2) is 29.5 Å². The van der Waals surface area contributed by atoms with Crippen LogP contribution < -0.4 is 5.32 Å². The number of hydrogen-bond donors (Lipinski definition) is 1. The van der Waals surface area contributed by atoms with Gasteiger partial charge in [0.15, 0.2) is 0 Å². The highest BCUT2D eigenvalue weighted by Crippen LogP contribution is 2.20. The Morgan fingerprint density at radius 2 is 2.31 bits per heavy atom. The van der Waals surface area contributed by atoms with Crippen LogP contribution in [0, 0.1) is 0 Å². The van der Waals surface area contributed by atoms with E-state index in [1.807, 2.05) is 12.1 Å². The Balaban J connectivity index is 1.84. The molecule has 1 saturated carbocycles. The number of aromatic nitrogens is 2. The van der Waals surface area contributed by atoms with Gasteiger partial charge in [-0.15, -0.1) is 0 Å². The Labute approximate surface area is 96.4 Å². The summed E-state index contributed by atoms with van der Waals surface area (Å²) in [5.74, 6) is 0. The third-order valence-electron chi connectivity index (χ3n) is 3.18. The topological polar surface area (TPSA) is 47.0 Å². The molecule has 1 heterocycles. The fourth-order valence-corrected chi connectivity index (χ4v) is 2.28. The van der Waals surface area contributed by atoms with Gasteiger partial charge in [-0.3, -0.25) is 0 Å². The van der Waals surface area contributed by atoms with Gasteiger partial charge in [-0.25, -0.2) is 0 Å². The van der Waals surface area contributed by atoms with Crippen molar-refractivity contribution in [2.75, 3.05) is 7.11 Å². The molecule has 1 aliphatic rings. The van der Waals surface area contributed by atoms with Crippen LogP contribution in [0.2, 0.25) is 0 Å². The van der Waals surface area contributed by atoms with Gasteiger partial charge in [0.1, 0.15) is 0 Å². The van der Waals surface area contributed by atoms with Gasteiger partial charge >= 0.3 is 0 Å². The lowest BCUT2D eigenvalue weighted by Crippen LogP contribution is -2.42. The van der Waals surface area contributed by atoms with Crippen LogP contribution in [0.25, 0.3) is 0 Å². The SMILES string of the molecule is COC1CCCCC1NCc1cccnn1. The van der Waals surface area contributed by atoms with Crippen LogP contribution in [0.4, 0.5) is 0 Å². The molecule has 4 nitrogen and oxygen atoms in total. The van der Waals surface area contributed by atoms with Gasteiger partial charge in [0.25, 0.3) is 0 Å². The number of nitrogens with one attached hydrogen (secondary N) is 1. The summed E-state index contributed by atoms with van der Waals surface area (Å²) in [7, 11) is 1.80. The minimum atomic E-state index is 0.352. The van der Waals surface area contributed by atoms with Crippen molar-refractivity contribution in [2.45, 2.75) is 44.4 Å². The van der Waals surface area contributed by atoms with Crippen molar-refractivity contribution in [3.05, 3.63) is 24.0 Å². The molecule has 1 aliphatic carbocycles. The molecule has 1 fully saturated rings. The van der Waals surface area contributed by atoms with Gasteiger partial charge in [-0.1, -0.05) is 12.8 Å². The zero-order chi connectivity index (χ0) is 11.2. The Morgan fingerprint density at radius 3 is 3.06 bits per heavy atom. The maximum Gasteiger partial charge on any atom is 0.0769 e. The highest BCUT2D eigenvalue weighted by Gasteiger charge is 2.24. The summed E-state index contributed by atoms with van der Waals surface area (Å²) < 4.78 is 5.49. The lowest BCUT2D eigenvalue weighted by molar-refractivity contribution is 0.0411. The van der Waals surface area contributed by atoms with Gasteiger partial charge in [0.05, 0.1) is 11.8 Å². The Hall–Kier alpha value is -1.00. The maximum atomic E-state index is 5.49. The quantitative estimate of drug-likeness (QED) is 0.837. The van der Waals surface area contributed by atoms with E-state index < -0.39 is 0 Å². The van der Waals surface area contributed by atoms with Crippen molar-refractivity contribution in [3.8, 4) is 0 Å². The number of hydrogen-bond acceptors (Lipinski definition) is 4. The van der Waals surface area contributed by atoms with Crippen molar-refractivity contribution in [1.82, 2.24) is 15.5 Å². The van der Waals surface area contributed by atoms with Crippen LogP contribution in [0.1, 0.15) is 31.4 Å². The van der Waals surface area contributed by atoms with E-state index in [1.165, 1.54) is 19.3 Å². The van der Waals surface area contributed by atoms with Gasteiger partial charge in [0, 0.05) is 25.9 Å². The van der Waals surface area contributed by atoms with E-state index in [0.29, 0.717) is 12.1 Å². The fraction of sp³-hybridized carbons (Fsp3) is 0.667. The van der Waals surface area contributed by atoms with Gasteiger partial charge < -0.3 is 10.1 Å². The van der Waals surface area contributed by atoms with E-state index in [2.05, 4.69) is 15.5 Å². The predicted octanol–water partition coefficient (Wildman–Crippen LogP) is 1.52. The molecule has 0 spiro atoms. The lowest BCUT2D eigenvalue weighted by Gasteiger charge is -2.31. The number of nitrogens with zero attached hydrogens (tertiary/aromatic N) is 2. The molecule has 0 saturated heterocycles. The smallest absolute Gasteiger partial charge is 0.0769 e. The molecule has 1 aromatic rings. The minimum absolute atomic E-state index is 0.352. The first-order valence-electron chi connectivity index (χ1n) is 5.93. The van der Waals surface area contributed by atoms with Crippen molar-refractivity contribution in [1.29, 1.82) is 0 Å². The van der Waals surface area contributed by atoms with E-state index in [1.54, 1.807) is 13.3 Å². The second-order valence-electron chi connectivity index (χ2n) is 4.26. The zero-order valence-corrected chi connectivity index (χ0v) is 9.72. The Morgan fingerprint density at radius 1 is 1.44 bits per heavy atom. The number of rotatable bonds is 4. The molecule has 2 atom stereocenters. The average molecular weight is 221 g/mol. The molecule has 88 valence electrons. The zero-order valence-electron chi connectivity index (χ0n) is 9.72. The summed E-state index contributed by atoms with van der Waals surface area (Å²) in [5, 5.41) is 11.4. The van der Waals surface area contributed by atoms with Crippen molar-refractivity contribution < 1.29 is 4.74 Å². The van der Waals surface area contributed by atoms with E-state index in [0.717, 1.165) is 18.7 Å². The summed E-state index contributed by atoms with van der Waals surface area (Å²) in [5.41, 5.74) is 0.989. The third-order valence-corrected chi connectivity index (χ3v) is 3.18. The lowest BCUT2D eigenvalue weighted by atomic mass is 9.92. The average Bonchev–Trinajstić information content (AvgIpc) is 2.38. The summed E-state index contributed by atoms with van der Waals surface area (Å²) in [4.78, 5) is 0. The standard InChI is InChI=1S/C12H19N3O/c1-16-12-7-3-2-6-11(12)13-9-10-5-4-8-14-15-10/h4-5,8,11-13H,2-3,6-7,9H2,1H3. The van der Waals surface area contributed by atoms with E-state index in [4.69, 9.17) is 4.74 Å². The van der Waals surface area contributed by atoms with E-state index in [-0.39, 0.29) is 0 Å². The Bertz CT molecular complexity index is 304. The molecule has 2 unspecified atom stereocenters. The number of methoxy groups -OCH3 is 1. The highest BCUT2D eigenvalue weighted by molar-refractivity contribution is 4.99. The molecule has 2 rings (SSSR count). The summed E-state index contributed by atoms with van der Waals surface area (Å²) in [6.45, 7) is 0.776. The van der Waals surface area contributed by atoms with Crippen molar-refractivity contribution >= 4 is 0 Å². The molecule has 16 heavy (non-hydrogen) atoms. The Kier molecular flexibility index (Phi) is 4.25. The monoisotopic (exact) mass is 221 g/mol. The summed E-state index contributed by atoms with van der Waals surface area (Å²) >= 11 is 0. The van der Waals surface area contributed by atoms with Crippen LogP contribution in [0.15, 0.2) is 18.3 Å². The molecule has 0 radical (unpaired) electrons. The molecule has 4 heteroatoms. The normalized spacial score (nSPS) is 25.6. The molecule has 1 N–H and O–H groups in total. The van der Waals surface area contributed by atoms with Gasteiger partial charge in [-0.2, -0.15) is 10.2 Å². The predicted molar refractivity (Wildman–Crippen MR) is 61.9 cm³/mol. The van der Waals surface area contributed by atoms with Crippen LogP contribution in [0.3, 0.4) is 0 Å². The molecular weight excluding hydrogens is 202 g/mol.